The van der Waals surface area contributed by atoms with Crippen LogP contribution >= 0.6 is 0 Å². The number of hydrogen-bond acceptors (Lipinski definition) is 7. The van der Waals surface area contributed by atoms with E-state index < -0.39 is 14.5 Å². The molecule has 0 N–H and O–H groups in total. The number of ether oxygens (including phenoxy) is 4. The Balaban J connectivity index is 1.48. The molecule has 0 spiro atoms. The molecule has 48 heavy (non-hydrogen) atoms. The molecule has 0 saturated heterocycles. The van der Waals surface area contributed by atoms with Crippen LogP contribution in [0.15, 0.2) is 48.5 Å². The summed E-state index contributed by atoms with van der Waals surface area (Å²) in [7, 11) is -1.85. The second kappa shape index (κ2) is 18.8. The third-order valence-electron chi connectivity index (χ3n) is 10.8. The van der Waals surface area contributed by atoms with Crippen molar-refractivity contribution in [1.82, 2.24) is 0 Å². The second-order valence-corrected chi connectivity index (χ2v) is 18.9. The van der Waals surface area contributed by atoms with Crippen molar-refractivity contribution >= 4 is 20.4 Å². The Morgan fingerprint density at radius 3 is 2.31 bits per heavy atom. The molecule has 2 aromatic rings. The van der Waals surface area contributed by atoms with E-state index in [1.807, 2.05) is 56.3 Å². The van der Waals surface area contributed by atoms with Crippen molar-refractivity contribution in [1.29, 1.82) is 0 Å². The molecule has 0 radical (unpaired) electrons. The number of unbranched alkanes of at least 4 members (excludes halogenated alkanes) is 2. The highest BCUT2D eigenvalue weighted by atomic mass is 28.4. The molecule has 0 amide bonds. The van der Waals surface area contributed by atoms with E-state index in [1.165, 1.54) is 11.1 Å². The average Bonchev–Trinajstić information content (AvgIpc) is 3.41. The van der Waals surface area contributed by atoms with Crippen LogP contribution in [0.4, 0.5) is 4.79 Å². The third-order valence-corrected chi connectivity index (χ3v) is 15.5. The molecule has 2 aliphatic carbocycles. The van der Waals surface area contributed by atoms with Crippen LogP contribution in [-0.4, -0.2) is 45.4 Å². The van der Waals surface area contributed by atoms with Gasteiger partial charge in [0.15, 0.2) is 14.9 Å². The van der Waals surface area contributed by atoms with Crippen LogP contribution in [0, 0.1) is 17.8 Å². The van der Waals surface area contributed by atoms with Gasteiger partial charge in [-0.15, -0.1) is 0 Å². The summed E-state index contributed by atoms with van der Waals surface area (Å²) in [6.07, 6.45) is 8.18. The van der Waals surface area contributed by atoms with Crippen LogP contribution in [0.1, 0.15) is 103 Å². The van der Waals surface area contributed by atoms with Gasteiger partial charge in [-0.2, -0.15) is 0 Å². The third kappa shape index (κ3) is 10.6. The van der Waals surface area contributed by atoms with Crippen molar-refractivity contribution in [2.45, 2.75) is 142 Å². The van der Waals surface area contributed by atoms with Crippen LogP contribution in [0.25, 0.3) is 0 Å². The summed E-state index contributed by atoms with van der Waals surface area (Å²) in [6.45, 7) is 13.0. The molecule has 1 fully saturated rings. The highest BCUT2D eigenvalue weighted by molar-refractivity contribution is 6.73. The SMILES string of the molecule is CCCCC[C@@H](CC[C@H]1C(O[Si](CC)(CC)CC)C[C@@H]2Cc3c(cccc3OCC(=O)OCc3ccccc3)C[C@@H]21)OC(=O)OC(C)C. The van der Waals surface area contributed by atoms with Gasteiger partial charge in [0.1, 0.15) is 18.5 Å². The van der Waals surface area contributed by atoms with Crippen molar-refractivity contribution < 1.29 is 33.0 Å². The summed E-state index contributed by atoms with van der Waals surface area (Å²) in [5, 5.41) is 0. The highest BCUT2D eigenvalue weighted by Gasteiger charge is 2.48. The molecule has 0 bridgehead atoms. The average molecular weight is 681 g/mol. The molecule has 0 aliphatic heterocycles. The normalized spacial score (nSPS) is 20.9. The zero-order valence-corrected chi connectivity index (χ0v) is 31.3. The van der Waals surface area contributed by atoms with Crippen molar-refractivity contribution in [3.05, 3.63) is 65.2 Å². The Hall–Kier alpha value is -2.84. The number of hydrogen-bond donors (Lipinski definition) is 0. The minimum Gasteiger partial charge on any atom is -0.482 e. The maximum absolute atomic E-state index is 12.6. The van der Waals surface area contributed by atoms with Gasteiger partial charge in [-0.05, 0) is 117 Å². The summed E-state index contributed by atoms with van der Waals surface area (Å²) < 4.78 is 30.2. The number of carbonyl (C=O) groups excluding carboxylic acids is 2. The predicted molar refractivity (Wildman–Crippen MR) is 193 cm³/mol. The first-order chi connectivity index (χ1) is 23.2. The molecule has 2 aliphatic rings. The van der Waals surface area contributed by atoms with Crippen molar-refractivity contribution in [2.75, 3.05) is 6.61 Å². The number of rotatable bonds is 19. The van der Waals surface area contributed by atoms with Crippen molar-refractivity contribution in [3.63, 3.8) is 0 Å². The Morgan fingerprint density at radius 2 is 1.62 bits per heavy atom. The van der Waals surface area contributed by atoms with Gasteiger partial charge in [-0.1, -0.05) is 83.0 Å². The lowest BCUT2D eigenvalue weighted by atomic mass is 9.73. The maximum atomic E-state index is 12.6. The summed E-state index contributed by atoms with van der Waals surface area (Å²) in [5.41, 5.74) is 3.48. The quantitative estimate of drug-likeness (QED) is 0.0830. The molecule has 5 atom stereocenters. The molecule has 2 aromatic carbocycles. The number of benzene rings is 2. The first-order valence-corrected chi connectivity index (χ1v) is 21.2. The van der Waals surface area contributed by atoms with Crippen molar-refractivity contribution in [2.24, 2.45) is 17.8 Å². The predicted octanol–water partition coefficient (Wildman–Crippen LogP) is 9.84. The van der Waals surface area contributed by atoms with E-state index in [4.69, 9.17) is 23.4 Å². The molecule has 0 aromatic heterocycles. The molecule has 1 unspecified atom stereocenters. The zero-order chi connectivity index (χ0) is 34.5. The van der Waals surface area contributed by atoms with E-state index in [0.29, 0.717) is 17.8 Å². The summed E-state index contributed by atoms with van der Waals surface area (Å²) in [5.74, 6) is 1.79. The van der Waals surface area contributed by atoms with Crippen molar-refractivity contribution in [3.8, 4) is 5.75 Å². The van der Waals surface area contributed by atoms with E-state index in [0.717, 1.165) is 87.2 Å². The van der Waals surface area contributed by atoms with Crippen LogP contribution in [0.3, 0.4) is 0 Å². The Kier molecular flexibility index (Phi) is 14.9. The van der Waals surface area contributed by atoms with Gasteiger partial charge < -0.3 is 23.4 Å². The Morgan fingerprint density at radius 1 is 0.875 bits per heavy atom. The maximum Gasteiger partial charge on any atom is 0.508 e. The van der Waals surface area contributed by atoms with E-state index in [2.05, 4.69) is 33.8 Å². The van der Waals surface area contributed by atoms with Gasteiger partial charge in [0, 0.05) is 6.10 Å². The summed E-state index contributed by atoms with van der Waals surface area (Å²) in [4.78, 5) is 25.1. The molecule has 266 valence electrons. The monoisotopic (exact) mass is 680 g/mol. The first-order valence-electron chi connectivity index (χ1n) is 18.7. The largest absolute Gasteiger partial charge is 0.508 e. The van der Waals surface area contributed by atoms with Gasteiger partial charge in [0.2, 0.25) is 0 Å². The Bertz CT molecular complexity index is 1270. The fourth-order valence-corrected chi connectivity index (χ4v) is 10.8. The zero-order valence-electron chi connectivity index (χ0n) is 30.3. The summed E-state index contributed by atoms with van der Waals surface area (Å²) in [6, 6.07) is 19.3. The number of carbonyl (C=O) groups is 2. The lowest BCUT2D eigenvalue weighted by molar-refractivity contribution is -0.147. The molecular weight excluding hydrogens is 621 g/mol. The summed E-state index contributed by atoms with van der Waals surface area (Å²) >= 11 is 0. The minimum atomic E-state index is -1.85. The topological polar surface area (TPSA) is 80.3 Å². The van der Waals surface area contributed by atoms with Gasteiger partial charge in [-0.3, -0.25) is 0 Å². The molecule has 7 nitrogen and oxygen atoms in total. The molecule has 8 heteroatoms. The Labute approximate surface area is 290 Å². The van der Waals surface area contributed by atoms with Crippen LogP contribution < -0.4 is 4.74 Å². The van der Waals surface area contributed by atoms with Crippen LogP contribution in [0.2, 0.25) is 18.1 Å². The van der Waals surface area contributed by atoms with Gasteiger partial charge in [0.25, 0.3) is 0 Å². The molecular formula is C40H60O7Si. The number of esters is 1. The standard InChI is InChI=1S/C40H60O7Si/c1-7-11-13-20-33(46-40(42)45-29(5)6)22-23-34-35-24-31-19-16-21-37(43-28-39(41)44-27-30-17-14-12-15-18-30)36(31)25-32(35)26-38(34)47-48(8-2,9-3)10-4/h12,14-19,21,29,32-35,38H,7-11,13,20,22-28H2,1-6H3/t32-,33-,34+,35-,38?/m0/s1. The molecule has 1 saturated carbocycles. The van der Waals surface area contributed by atoms with Gasteiger partial charge >= 0.3 is 12.1 Å². The smallest absolute Gasteiger partial charge is 0.482 e. The molecule has 4 rings (SSSR count). The number of fused-ring (bicyclic) bond motifs is 2. The van der Waals surface area contributed by atoms with Gasteiger partial charge in [-0.25, -0.2) is 9.59 Å². The first kappa shape index (κ1) is 38.0. The van der Waals surface area contributed by atoms with Crippen LogP contribution in [0.5, 0.6) is 5.75 Å². The van der Waals surface area contributed by atoms with Crippen LogP contribution in [-0.2, 0) is 42.9 Å². The minimum absolute atomic E-state index is 0.109. The van der Waals surface area contributed by atoms with E-state index in [9.17, 15) is 9.59 Å². The van der Waals surface area contributed by atoms with E-state index in [1.54, 1.807) is 0 Å². The lowest BCUT2D eigenvalue weighted by Crippen LogP contribution is -2.42. The second-order valence-electron chi connectivity index (χ2n) is 14.2. The lowest BCUT2D eigenvalue weighted by Gasteiger charge is -2.36. The highest BCUT2D eigenvalue weighted by Crippen LogP contribution is 2.50. The fourth-order valence-electron chi connectivity index (χ4n) is 7.90. The van der Waals surface area contributed by atoms with Gasteiger partial charge in [0.05, 0.1) is 6.10 Å². The fraction of sp³-hybridized carbons (Fsp3) is 0.650. The van der Waals surface area contributed by atoms with E-state index in [-0.39, 0.29) is 37.5 Å². The molecule has 0 heterocycles. The van der Waals surface area contributed by atoms with E-state index >= 15 is 0 Å².